The first-order valence-electron chi connectivity index (χ1n) is 13.1. The Kier molecular flexibility index (Phi) is 21.8. The van der Waals surface area contributed by atoms with Gasteiger partial charge in [-0.2, -0.15) is 0 Å². The van der Waals surface area contributed by atoms with Crippen molar-refractivity contribution in [1.82, 2.24) is 0 Å². The molecule has 0 radical (unpaired) electrons. The van der Waals surface area contributed by atoms with E-state index in [1.807, 2.05) is 7.05 Å². The van der Waals surface area contributed by atoms with Gasteiger partial charge in [-0.3, -0.25) is 4.74 Å². The summed E-state index contributed by atoms with van der Waals surface area (Å²) in [6.07, 6.45) is 5.38. The molecule has 0 aromatic heterocycles. The molecule has 0 bridgehead atoms. The minimum Gasteiger partial charge on any atom is -0.358 e. The van der Waals surface area contributed by atoms with Crippen molar-refractivity contribution in [3.8, 4) is 0 Å². The van der Waals surface area contributed by atoms with Crippen LogP contribution in [0.2, 0.25) is 58.9 Å². The summed E-state index contributed by atoms with van der Waals surface area (Å²) in [7, 11) is -2.15. The fourth-order valence-electron chi connectivity index (χ4n) is 3.55. The minimum absolute atomic E-state index is 0. The van der Waals surface area contributed by atoms with Gasteiger partial charge in [-0.25, -0.2) is 0 Å². The molecule has 2 aromatic carbocycles. The maximum Gasteiger partial charge on any atom is 4.00 e. The topological polar surface area (TPSA) is 12.4 Å². The van der Waals surface area contributed by atoms with Gasteiger partial charge in [0.15, 0.2) is 0 Å². The molecule has 0 spiro atoms. The molecule has 6 heteroatoms. The number of benzene rings is 2. The number of hydrogen-bond donors (Lipinski definition) is 0. The second-order valence-corrected chi connectivity index (χ2v) is 32.1. The summed E-state index contributed by atoms with van der Waals surface area (Å²) >= 11 is 0. The fourth-order valence-corrected chi connectivity index (χ4v) is 7.85. The Balaban J connectivity index is -0.000000567. The summed E-state index contributed by atoms with van der Waals surface area (Å²) in [5.74, 6) is 0. The van der Waals surface area contributed by atoms with Gasteiger partial charge in [-0.15, -0.1) is 24.2 Å². The fraction of sp³-hybridized carbons (Fsp3) is 0.484. The second kappa shape index (κ2) is 19.3. The summed E-state index contributed by atoms with van der Waals surface area (Å²) in [5.41, 5.74) is 0.734. The predicted octanol–water partition coefficient (Wildman–Crippen LogP) is 9.95. The zero-order valence-electron chi connectivity index (χ0n) is 26.2. The molecule has 208 valence electrons. The zero-order valence-corrected chi connectivity index (χ0v) is 32.5. The SMILES string of the molecule is CN=P(c1ccccc1)(c1ccccc1)C1CCCC1.[CH2-][Si](C)(C)C.[CH2-][Si](C)(C)C.[CH2-][Si](C)(C)C.[CH3-].[Zr+4]. The Bertz CT molecular complexity index is 771. The maximum atomic E-state index is 5.05. The third-order valence-corrected chi connectivity index (χ3v) is 8.84. The van der Waals surface area contributed by atoms with E-state index in [2.05, 4.69) is 139 Å². The molecular weight excluding hydrogens is 593 g/mol. The van der Waals surface area contributed by atoms with Crippen LogP contribution in [0.1, 0.15) is 25.7 Å². The quantitative estimate of drug-likeness (QED) is 0.178. The average Bonchev–Trinajstić information content (AvgIpc) is 3.22. The van der Waals surface area contributed by atoms with Gasteiger partial charge in [0.25, 0.3) is 0 Å². The van der Waals surface area contributed by atoms with Crippen molar-refractivity contribution < 1.29 is 26.2 Å². The predicted molar refractivity (Wildman–Crippen MR) is 182 cm³/mol. The van der Waals surface area contributed by atoms with Gasteiger partial charge in [0, 0.05) is 19.8 Å². The van der Waals surface area contributed by atoms with Crippen LogP contribution < -0.4 is 10.6 Å². The molecule has 1 aliphatic rings. The molecule has 1 nitrogen and oxygen atoms in total. The summed E-state index contributed by atoms with van der Waals surface area (Å²) in [4.78, 5) is 0. The van der Waals surface area contributed by atoms with Gasteiger partial charge in [0.05, 0.1) is 0 Å². The first kappa shape index (κ1) is 41.7. The van der Waals surface area contributed by atoms with Crippen molar-refractivity contribution in [2.24, 2.45) is 4.74 Å². The van der Waals surface area contributed by atoms with E-state index in [-0.39, 0.29) is 33.6 Å². The van der Waals surface area contributed by atoms with E-state index in [1.165, 1.54) is 36.3 Å². The van der Waals surface area contributed by atoms with Crippen LogP contribution in [0, 0.1) is 27.1 Å². The molecular formula is C31H58NPSi3Zr. The van der Waals surface area contributed by atoms with E-state index < -0.39 is 31.3 Å². The van der Waals surface area contributed by atoms with Gasteiger partial charge in [-0.05, 0) is 23.5 Å². The van der Waals surface area contributed by atoms with Crippen molar-refractivity contribution in [3.05, 3.63) is 87.7 Å². The van der Waals surface area contributed by atoms with Crippen LogP contribution in [-0.2, 0) is 26.2 Å². The molecule has 0 amide bonds. The van der Waals surface area contributed by atoms with Crippen molar-refractivity contribution in [2.45, 2.75) is 90.3 Å². The van der Waals surface area contributed by atoms with E-state index >= 15 is 0 Å². The van der Waals surface area contributed by atoms with Gasteiger partial charge in [-0.1, -0.05) is 132 Å². The van der Waals surface area contributed by atoms with Gasteiger partial charge < -0.3 is 27.1 Å². The molecule has 0 atom stereocenters. The normalized spacial score (nSPS) is 13.6. The summed E-state index contributed by atoms with van der Waals surface area (Å²) < 4.78 is 5.05. The van der Waals surface area contributed by atoms with Crippen LogP contribution in [0.3, 0.4) is 0 Å². The van der Waals surface area contributed by atoms with E-state index in [1.54, 1.807) is 0 Å². The van der Waals surface area contributed by atoms with Crippen LogP contribution in [0.4, 0.5) is 0 Å². The van der Waals surface area contributed by atoms with E-state index in [9.17, 15) is 0 Å². The van der Waals surface area contributed by atoms with Crippen molar-refractivity contribution in [2.75, 3.05) is 7.05 Å². The van der Waals surface area contributed by atoms with Crippen molar-refractivity contribution >= 4 is 41.9 Å². The average molecular weight is 651 g/mol. The molecule has 0 saturated heterocycles. The number of nitrogens with zero attached hydrogens (tertiary/aromatic N) is 1. The standard InChI is InChI=1S/C18H22NP.3C4H11Si.CH3.Zr/c1-19-20(18-14-8-9-15-18,16-10-4-2-5-11-16)17-12-6-3-7-13-17;3*1-5(2,3)4;;/h2-7,10-13,18H,8-9,14-15H2,1H3;3*1H2,2-4H3;1H3;/q;4*-1;+4. The molecule has 0 aliphatic heterocycles. The molecule has 2 aromatic rings. The third kappa shape index (κ3) is 21.7. The Morgan fingerprint density at radius 3 is 1.08 bits per heavy atom. The maximum absolute atomic E-state index is 5.05. The van der Waals surface area contributed by atoms with Gasteiger partial charge in [0.2, 0.25) is 0 Å². The third-order valence-electron chi connectivity index (χ3n) is 4.47. The monoisotopic (exact) mass is 649 g/mol. The Morgan fingerprint density at radius 1 is 0.622 bits per heavy atom. The minimum atomic E-state index is -1.60. The molecule has 0 heterocycles. The summed E-state index contributed by atoms with van der Waals surface area (Å²) in [5, 5.41) is 2.89. The summed E-state index contributed by atoms with van der Waals surface area (Å²) in [6.45, 7) is 31.7. The van der Waals surface area contributed by atoms with Crippen LogP contribution in [-0.4, -0.2) is 36.9 Å². The second-order valence-electron chi connectivity index (χ2n) is 13.2. The molecule has 1 fully saturated rings. The van der Waals surface area contributed by atoms with Crippen LogP contribution in [0.5, 0.6) is 0 Å². The van der Waals surface area contributed by atoms with Crippen LogP contribution >= 0.6 is 7.05 Å². The van der Waals surface area contributed by atoms with Gasteiger partial charge in [0.1, 0.15) is 0 Å². The Morgan fingerprint density at radius 2 is 0.865 bits per heavy atom. The van der Waals surface area contributed by atoms with Crippen molar-refractivity contribution in [3.63, 3.8) is 0 Å². The summed E-state index contributed by atoms with van der Waals surface area (Å²) in [6, 6.07) is 22.0. The molecule has 0 N–H and O–H groups in total. The molecule has 1 aliphatic carbocycles. The first-order chi connectivity index (χ1) is 15.9. The Labute approximate surface area is 256 Å². The van der Waals surface area contributed by atoms with E-state index in [0.717, 1.165) is 5.66 Å². The molecule has 37 heavy (non-hydrogen) atoms. The molecule has 0 unspecified atom stereocenters. The zero-order chi connectivity index (χ0) is 27.3. The Hall–Kier alpha value is 0.204. The smallest absolute Gasteiger partial charge is 0.358 e. The van der Waals surface area contributed by atoms with Crippen LogP contribution in [0.15, 0.2) is 65.4 Å². The molecule has 1 saturated carbocycles. The van der Waals surface area contributed by atoms with E-state index in [4.69, 9.17) is 4.74 Å². The van der Waals surface area contributed by atoms with Crippen molar-refractivity contribution in [1.29, 1.82) is 0 Å². The van der Waals surface area contributed by atoms with E-state index in [0.29, 0.717) is 0 Å². The van der Waals surface area contributed by atoms with Crippen LogP contribution in [0.25, 0.3) is 0 Å². The first-order valence-corrected chi connectivity index (χ1v) is 26.0. The molecule has 3 rings (SSSR count). The number of hydrogen-bond acceptors (Lipinski definition) is 1. The largest absolute Gasteiger partial charge is 4.00 e. The van der Waals surface area contributed by atoms with Gasteiger partial charge >= 0.3 is 26.2 Å². The number of rotatable bonds is 3.